The Bertz CT molecular complexity index is 1300. The fraction of sp³-hybridized carbons (Fsp3) is 0.462. The molecule has 3 aromatic rings. The van der Waals surface area contributed by atoms with Crippen LogP contribution in [-0.4, -0.2) is 75.0 Å². The predicted molar refractivity (Wildman–Crippen MR) is 136 cm³/mol. The first kappa shape index (κ1) is 26.1. The molecule has 2 aromatic heterocycles. The van der Waals surface area contributed by atoms with Gasteiger partial charge in [0.25, 0.3) is 11.7 Å². The Morgan fingerprint density at radius 2 is 1.95 bits per heavy atom. The third-order valence-corrected chi connectivity index (χ3v) is 6.49. The quantitative estimate of drug-likeness (QED) is 0.550. The van der Waals surface area contributed by atoms with Gasteiger partial charge in [-0.1, -0.05) is 11.6 Å². The lowest BCUT2D eigenvalue weighted by Gasteiger charge is -2.23. The first-order valence-corrected chi connectivity index (χ1v) is 12.6. The summed E-state index contributed by atoms with van der Waals surface area (Å²) in [7, 11) is 0. The minimum atomic E-state index is -0.261. The molecular formula is C26H33N7O4. The zero-order valence-electron chi connectivity index (χ0n) is 21.5. The maximum Gasteiger partial charge on any atom is 0.255 e. The van der Waals surface area contributed by atoms with Crippen LogP contribution in [0.3, 0.4) is 0 Å². The van der Waals surface area contributed by atoms with Crippen molar-refractivity contribution >= 4 is 23.5 Å². The van der Waals surface area contributed by atoms with E-state index in [4.69, 9.17) is 4.74 Å². The molecule has 0 radical (unpaired) electrons. The molecule has 0 spiro atoms. The summed E-state index contributed by atoms with van der Waals surface area (Å²) in [4.78, 5) is 48.7. The van der Waals surface area contributed by atoms with Crippen LogP contribution in [-0.2, 0) is 16.0 Å². The van der Waals surface area contributed by atoms with Crippen molar-refractivity contribution in [3.8, 4) is 5.75 Å². The van der Waals surface area contributed by atoms with E-state index in [1.807, 2.05) is 26.8 Å². The molecule has 11 nitrogen and oxygen atoms in total. The van der Waals surface area contributed by atoms with E-state index < -0.39 is 0 Å². The lowest BCUT2D eigenvalue weighted by Crippen LogP contribution is -2.39. The molecule has 1 aromatic carbocycles. The number of fused-ring (bicyclic) bond motifs is 2. The summed E-state index contributed by atoms with van der Waals surface area (Å²) in [6.07, 6.45) is 3.07. The number of aromatic nitrogens is 4. The number of aryl methyl sites for hydroxylation is 3. The van der Waals surface area contributed by atoms with Crippen LogP contribution in [0.5, 0.6) is 5.75 Å². The molecule has 3 amide bonds. The number of hydrogen-bond acceptors (Lipinski definition) is 7. The molecule has 11 heteroatoms. The average molecular weight is 508 g/mol. The highest BCUT2D eigenvalue weighted by molar-refractivity contribution is 5.97. The molecule has 4 rings (SSSR count). The zero-order chi connectivity index (χ0) is 26.4. The fourth-order valence-corrected chi connectivity index (χ4v) is 4.49. The molecule has 2 N–H and O–H groups in total. The Morgan fingerprint density at radius 3 is 2.78 bits per heavy atom. The normalized spacial score (nSPS) is 15.7. The molecule has 0 aliphatic carbocycles. The van der Waals surface area contributed by atoms with Crippen molar-refractivity contribution in [1.29, 1.82) is 0 Å². The van der Waals surface area contributed by atoms with Gasteiger partial charge in [-0.3, -0.25) is 14.4 Å². The SMILES string of the molecule is Cc1ccc2c(c1)C(=O)NCCN(C(=O)CCc1c(C)nc3ncnn3c1C)CCCC(=O)NCCO2. The summed E-state index contributed by atoms with van der Waals surface area (Å²) >= 11 is 0. The predicted octanol–water partition coefficient (Wildman–Crippen LogP) is 1.53. The Balaban J connectivity index is 1.45. The summed E-state index contributed by atoms with van der Waals surface area (Å²) < 4.78 is 7.43. The van der Waals surface area contributed by atoms with E-state index in [2.05, 4.69) is 25.7 Å². The van der Waals surface area contributed by atoms with Gasteiger partial charge in [-0.05, 0) is 51.3 Å². The van der Waals surface area contributed by atoms with Crippen LogP contribution >= 0.6 is 0 Å². The number of nitrogens with one attached hydrogen (secondary N) is 2. The van der Waals surface area contributed by atoms with Gasteiger partial charge in [-0.25, -0.2) is 9.50 Å². The van der Waals surface area contributed by atoms with Gasteiger partial charge in [0.05, 0.1) is 12.1 Å². The van der Waals surface area contributed by atoms with E-state index in [1.165, 1.54) is 6.33 Å². The van der Waals surface area contributed by atoms with Crippen molar-refractivity contribution < 1.29 is 19.1 Å². The molecule has 3 heterocycles. The molecule has 0 fully saturated rings. The minimum Gasteiger partial charge on any atom is -0.491 e. The van der Waals surface area contributed by atoms with Gasteiger partial charge in [0.1, 0.15) is 18.7 Å². The molecule has 1 aliphatic rings. The van der Waals surface area contributed by atoms with Crippen LogP contribution in [0, 0.1) is 20.8 Å². The summed E-state index contributed by atoms with van der Waals surface area (Å²) in [5.74, 6) is 0.595. The molecule has 196 valence electrons. The number of carbonyl (C=O) groups excluding carboxylic acids is 3. The Kier molecular flexibility index (Phi) is 8.32. The molecule has 0 saturated carbocycles. The molecular weight excluding hydrogens is 474 g/mol. The summed E-state index contributed by atoms with van der Waals surface area (Å²) in [5.41, 5.74) is 4.06. The van der Waals surface area contributed by atoms with Crippen LogP contribution in [0.1, 0.15) is 52.1 Å². The monoisotopic (exact) mass is 507 g/mol. The first-order chi connectivity index (χ1) is 17.8. The van der Waals surface area contributed by atoms with Crippen molar-refractivity contribution in [3.05, 3.63) is 52.6 Å². The summed E-state index contributed by atoms with van der Waals surface area (Å²) in [6.45, 7) is 7.39. The van der Waals surface area contributed by atoms with Gasteiger partial charge in [-0.15, -0.1) is 0 Å². The summed E-state index contributed by atoms with van der Waals surface area (Å²) in [6, 6.07) is 5.41. The number of benzene rings is 1. The Labute approximate surface area is 215 Å². The minimum absolute atomic E-state index is 0.0453. The first-order valence-electron chi connectivity index (χ1n) is 12.6. The molecule has 37 heavy (non-hydrogen) atoms. The van der Waals surface area contributed by atoms with Gasteiger partial charge < -0.3 is 20.3 Å². The van der Waals surface area contributed by atoms with Gasteiger partial charge in [0, 0.05) is 43.9 Å². The highest BCUT2D eigenvalue weighted by Gasteiger charge is 2.19. The Morgan fingerprint density at radius 1 is 1.11 bits per heavy atom. The number of ether oxygens (including phenoxy) is 1. The summed E-state index contributed by atoms with van der Waals surface area (Å²) in [5, 5.41) is 9.96. The van der Waals surface area contributed by atoms with Crippen molar-refractivity contribution in [3.63, 3.8) is 0 Å². The van der Waals surface area contributed by atoms with Crippen LogP contribution in [0.25, 0.3) is 5.78 Å². The van der Waals surface area contributed by atoms with E-state index in [9.17, 15) is 14.4 Å². The highest BCUT2D eigenvalue weighted by atomic mass is 16.5. The zero-order valence-corrected chi connectivity index (χ0v) is 21.5. The van der Waals surface area contributed by atoms with Crippen LogP contribution in [0.2, 0.25) is 0 Å². The standard InChI is InChI=1S/C26H33N7O4/c1-17-6-8-22-21(15-17)25(36)28-10-13-32(12-4-5-23(34)27-11-14-37-22)24(35)9-7-20-18(2)31-26-29-16-30-33(26)19(20)3/h6,8,15-16H,4-5,7,9-14H2,1-3H3,(H,27,34)(H,28,36). The number of nitrogens with zero attached hydrogens (tertiary/aromatic N) is 5. The van der Waals surface area contributed by atoms with Crippen LogP contribution < -0.4 is 15.4 Å². The number of amides is 3. The number of hydrogen-bond donors (Lipinski definition) is 2. The third kappa shape index (κ3) is 6.41. The van der Waals surface area contributed by atoms with Crippen LogP contribution in [0.15, 0.2) is 24.5 Å². The molecule has 0 unspecified atom stereocenters. The largest absolute Gasteiger partial charge is 0.491 e. The van der Waals surface area contributed by atoms with E-state index in [0.29, 0.717) is 56.0 Å². The van der Waals surface area contributed by atoms with Gasteiger partial charge >= 0.3 is 0 Å². The van der Waals surface area contributed by atoms with E-state index >= 15 is 0 Å². The van der Waals surface area contributed by atoms with E-state index in [-0.39, 0.29) is 37.3 Å². The van der Waals surface area contributed by atoms with Crippen molar-refractivity contribution in [2.24, 2.45) is 0 Å². The molecule has 0 atom stereocenters. The smallest absolute Gasteiger partial charge is 0.255 e. The molecule has 0 bridgehead atoms. The molecule has 0 saturated heterocycles. The topological polar surface area (TPSA) is 131 Å². The van der Waals surface area contributed by atoms with Crippen LogP contribution in [0.4, 0.5) is 0 Å². The van der Waals surface area contributed by atoms with Gasteiger partial charge in [-0.2, -0.15) is 10.1 Å². The lowest BCUT2D eigenvalue weighted by molar-refractivity contribution is -0.131. The van der Waals surface area contributed by atoms with E-state index in [1.54, 1.807) is 21.5 Å². The van der Waals surface area contributed by atoms with Crippen molar-refractivity contribution in [2.45, 2.75) is 46.5 Å². The second-order valence-electron chi connectivity index (χ2n) is 9.17. The maximum absolute atomic E-state index is 13.2. The van der Waals surface area contributed by atoms with Gasteiger partial charge in [0.2, 0.25) is 11.8 Å². The van der Waals surface area contributed by atoms with Crippen molar-refractivity contribution in [1.82, 2.24) is 35.1 Å². The van der Waals surface area contributed by atoms with E-state index in [0.717, 1.165) is 22.5 Å². The van der Waals surface area contributed by atoms with Crippen molar-refractivity contribution in [2.75, 3.05) is 32.8 Å². The number of carbonyl (C=O) groups is 3. The average Bonchev–Trinajstić information content (AvgIpc) is 3.34. The Hall–Kier alpha value is -4.02. The third-order valence-electron chi connectivity index (χ3n) is 6.49. The number of rotatable bonds is 3. The lowest BCUT2D eigenvalue weighted by atomic mass is 10.1. The maximum atomic E-state index is 13.2. The fourth-order valence-electron chi connectivity index (χ4n) is 4.49. The second-order valence-corrected chi connectivity index (χ2v) is 9.17. The highest BCUT2D eigenvalue weighted by Crippen LogP contribution is 2.20. The molecule has 1 aliphatic heterocycles. The van der Waals surface area contributed by atoms with Gasteiger partial charge in [0.15, 0.2) is 0 Å². The second kappa shape index (κ2) is 11.8.